The van der Waals surface area contributed by atoms with Crippen molar-refractivity contribution in [3.8, 4) is 0 Å². The lowest BCUT2D eigenvalue weighted by Crippen LogP contribution is -2.50. The summed E-state index contributed by atoms with van der Waals surface area (Å²) in [6, 6.07) is 6.21. The van der Waals surface area contributed by atoms with Gasteiger partial charge in [-0.3, -0.25) is 4.79 Å². The molecule has 1 amide bonds. The van der Waals surface area contributed by atoms with Crippen LogP contribution in [0, 0.1) is 19.8 Å². The Morgan fingerprint density at radius 3 is 2.40 bits per heavy atom. The standard InChI is InChI=1S/C21H34N2O2/c1-15(2)20(14-23-11-9-19(25-6)10-12-23)22(5)21(24)18-8-7-16(3)17(4)13-18/h7-8,13,15,19-20H,9-12,14H2,1-6H3/t20-/m1/s1. The molecular weight excluding hydrogens is 312 g/mol. The smallest absolute Gasteiger partial charge is 0.253 e. The van der Waals surface area contributed by atoms with Gasteiger partial charge in [-0.15, -0.1) is 0 Å². The van der Waals surface area contributed by atoms with Crippen LogP contribution in [0.15, 0.2) is 18.2 Å². The van der Waals surface area contributed by atoms with Crippen molar-refractivity contribution < 1.29 is 9.53 Å². The highest BCUT2D eigenvalue weighted by Gasteiger charge is 2.28. The zero-order valence-electron chi connectivity index (χ0n) is 16.7. The summed E-state index contributed by atoms with van der Waals surface area (Å²) in [6.07, 6.45) is 2.55. The Kier molecular flexibility index (Phi) is 7.03. The van der Waals surface area contributed by atoms with Crippen molar-refractivity contribution in [3.05, 3.63) is 34.9 Å². The Morgan fingerprint density at radius 1 is 1.24 bits per heavy atom. The largest absolute Gasteiger partial charge is 0.381 e. The van der Waals surface area contributed by atoms with E-state index in [0.29, 0.717) is 12.0 Å². The average molecular weight is 347 g/mol. The molecule has 1 atom stereocenters. The van der Waals surface area contributed by atoms with Crippen LogP contribution in [0.3, 0.4) is 0 Å². The molecule has 0 radical (unpaired) electrons. The number of nitrogens with zero attached hydrogens (tertiary/aromatic N) is 2. The molecule has 4 heteroatoms. The van der Waals surface area contributed by atoms with Crippen LogP contribution in [-0.4, -0.2) is 61.6 Å². The first-order valence-electron chi connectivity index (χ1n) is 9.43. The Labute approximate surface area is 153 Å². The number of methoxy groups -OCH3 is 1. The molecule has 0 N–H and O–H groups in total. The van der Waals surface area contributed by atoms with Crippen LogP contribution in [0.2, 0.25) is 0 Å². The summed E-state index contributed by atoms with van der Waals surface area (Å²) in [5.74, 6) is 0.536. The van der Waals surface area contributed by atoms with Crippen molar-refractivity contribution in [3.63, 3.8) is 0 Å². The first-order chi connectivity index (χ1) is 11.8. The van der Waals surface area contributed by atoms with Gasteiger partial charge in [-0.1, -0.05) is 19.9 Å². The van der Waals surface area contributed by atoms with Gasteiger partial charge in [-0.05, 0) is 55.9 Å². The molecule has 2 rings (SSSR count). The molecule has 0 saturated carbocycles. The molecule has 1 saturated heterocycles. The Bertz CT molecular complexity index is 577. The second kappa shape index (κ2) is 8.81. The summed E-state index contributed by atoms with van der Waals surface area (Å²) in [7, 11) is 3.75. The number of rotatable bonds is 6. The van der Waals surface area contributed by atoms with E-state index in [2.05, 4.69) is 32.6 Å². The van der Waals surface area contributed by atoms with E-state index in [4.69, 9.17) is 4.74 Å². The zero-order chi connectivity index (χ0) is 18.6. The van der Waals surface area contributed by atoms with E-state index in [-0.39, 0.29) is 11.9 Å². The SMILES string of the molecule is COC1CCN(C[C@H](C(C)C)N(C)C(=O)c2ccc(C)c(C)c2)CC1. The maximum atomic E-state index is 13.0. The predicted molar refractivity (Wildman–Crippen MR) is 103 cm³/mol. The van der Waals surface area contributed by atoms with Gasteiger partial charge in [-0.2, -0.15) is 0 Å². The number of carbonyl (C=O) groups excluding carboxylic acids is 1. The molecule has 0 bridgehead atoms. The topological polar surface area (TPSA) is 32.8 Å². The van der Waals surface area contributed by atoms with E-state index in [1.807, 2.05) is 30.1 Å². The molecule has 1 aromatic rings. The molecule has 0 spiro atoms. The van der Waals surface area contributed by atoms with Crippen molar-refractivity contribution in [1.29, 1.82) is 0 Å². The van der Waals surface area contributed by atoms with E-state index in [0.717, 1.165) is 38.0 Å². The van der Waals surface area contributed by atoms with Gasteiger partial charge in [0.25, 0.3) is 5.91 Å². The van der Waals surface area contributed by atoms with E-state index in [1.54, 1.807) is 7.11 Å². The second-order valence-corrected chi connectivity index (χ2v) is 7.76. The lowest BCUT2D eigenvalue weighted by atomic mass is 9.98. The molecule has 25 heavy (non-hydrogen) atoms. The predicted octanol–water partition coefficient (Wildman–Crippen LogP) is 3.51. The normalized spacial score (nSPS) is 17.7. The third kappa shape index (κ3) is 5.05. The first-order valence-corrected chi connectivity index (χ1v) is 9.43. The zero-order valence-corrected chi connectivity index (χ0v) is 16.7. The number of aryl methyl sites for hydroxylation is 2. The number of carbonyl (C=O) groups is 1. The summed E-state index contributed by atoms with van der Waals surface area (Å²) in [5, 5.41) is 0. The van der Waals surface area contributed by atoms with Crippen LogP contribution in [0.5, 0.6) is 0 Å². The van der Waals surface area contributed by atoms with Crippen LogP contribution < -0.4 is 0 Å². The highest BCUT2D eigenvalue weighted by atomic mass is 16.5. The van der Waals surface area contributed by atoms with Crippen molar-refractivity contribution >= 4 is 5.91 Å². The van der Waals surface area contributed by atoms with Crippen molar-refractivity contribution in [2.24, 2.45) is 5.92 Å². The maximum absolute atomic E-state index is 13.0. The van der Waals surface area contributed by atoms with Crippen LogP contribution in [-0.2, 0) is 4.74 Å². The van der Waals surface area contributed by atoms with Crippen molar-refractivity contribution in [2.75, 3.05) is 33.8 Å². The minimum absolute atomic E-state index is 0.119. The van der Waals surface area contributed by atoms with Gasteiger partial charge in [0.1, 0.15) is 0 Å². The molecule has 1 aromatic carbocycles. The van der Waals surface area contributed by atoms with Crippen LogP contribution in [0.25, 0.3) is 0 Å². The van der Waals surface area contributed by atoms with Crippen molar-refractivity contribution in [1.82, 2.24) is 9.80 Å². The summed E-state index contributed by atoms with van der Waals surface area (Å²) in [6.45, 7) is 11.6. The van der Waals surface area contributed by atoms with Crippen LogP contribution >= 0.6 is 0 Å². The maximum Gasteiger partial charge on any atom is 0.253 e. The summed E-state index contributed by atoms with van der Waals surface area (Å²) < 4.78 is 5.47. The number of benzene rings is 1. The minimum atomic E-state index is 0.119. The number of likely N-dealkylation sites (N-methyl/N-ethyl adjacent to an activating group) is 1. The Hall–Kier alpha value is -1.39. The van der Waals surface area contributed by atoms with E-state index in [9.17, 15) is 4.79 Å². The fourth-order valence-corrected chi connectivity index (χ4v) is 3.60. The van der Waals surface area contributed by atoms with Crippen molar-refractivity contribution in [2.45, 2.75) is 52.7 Å². The molecule has 140 valence electrons. The number of likely N-dealkylation sites (tertiary alicyclic amines) is 1. The molecule has 0 aliphatic carbocycles. The molecular formula is C21H34N2O2. The molecule has 0 unspecified atom stereocenters. The fraction of sp³-hybridized carbons (Fsp3) is 0.667. The van der Waals surface area contributed by atoms with E-state index >= 15 is 0 Å². The Balaban J connectivity index is 2.05. The van der Waals surface area contributed by atoms with E-state index in [1.165, 1.54) is 11.1 Å². The van der Waals surface area contributed by atoms with Gasteiger partial charge >= 0.3 is 0 Å². The first kappa shape index (κ1) is 19.9. The second-order valence-electron chi connectivity index (χ2n) is 7.76. The molecule has 1 fully saturated rings. The quantitative estimate of drug-likeness (QED) is 0.790. The summed E-state index contributed by atoms with van der Waals surface area (Å²) in [5.41, 5.74) is 3.18. The van der Waals surface area contributed by atoms with Gasteiger partial charge in [0.15, 0.2) is 0 Å². The molecule has 4 nitrogen and oxygen atoms in total. The third-order valence-electron chi connectivity index (χ3n) is 5.65. The summed E-state index contributed by atoms with van der Waals surface area (Å²) >= 11 is 0. The van der Waals surface area contributed by atoms with Gasteiger partial charge in [0, 0.05) is 45.4 Å². The van der Waals surface area contributed by atoms with Crippen LogP contribution in [0.1, 0.15) is 48.2 Å². The molecule has 1 aliphatic rings. The number of amides is 1. The van der Waals surface area contributed by atoms with Gasteiger partial charge in [0.05, 0.1) is 6.10 Å². The van der Waals surface area contributed by atoms with E-state index < -0.39 is 0 Å². The highest BCUT2D eigenvalue weighted by Crippen LogP contribution is 2.19. The van der Waals surface area contributed by atoms with Gasteiger partial charge in [0.2, 0.25) is 0 Å². The minimum Gasteiger partial charge on any atom is -0.381 e. The fourth-order valence-electron chi connectivity index (χ4n) is 3.60. The van der Waals surface area contributed by atoms with Gasteiger partial charge in [-0.25, -0.2) is 0 Å². The average Bonchev–Trinajstić information content (AvgIpc) is 2.61. The number of ether oxygens (including phenoxy) is 1. The monoisotopic (exact) mass is 346 g/mol. The third-order valence-corrected chi connectivity index (χ3v) is 5.65. The van der Waals surface area contributed by atoms with Crippen LogP contribution in [0.4, 0.5) is 0 Å². The molecule has 0 aromatic heterocycles. The summed E-state index contributed by atoms with van der Waals surface area (Å²) in [4.78, 5) is 17.4. The Morgan fingerprint density at radius 2 is 1.88 bits per heavy atom. The lowest BCUT2D eigenvalue weighted by molar-refractivity contribution is 0.0271. The molecule has 1 heterocycles. The van der Waals surface area contributed by atoms with Gasteiger partial charge < -0.3 is 14.5 Å². The molecule has 1 aliphatic heterocycles. The number of hydrogen-bond donors (Lipinski definition) is 0. The highest BCUT2D eigenvalue weighted by molar-refractivity contribution is 5.94. The lowest BCUT2D eigenvalue weighted by Gasteiger charge is -2.38. The number of hydrogen-bond acceptors (Lipinski definition) is 3. The number of piperidine rings is 1.